The summed E-state index contributed by atoms with van der Waals surface area (Å²) in [6, 6.07) is 4.18. The molecule has 4 rings (SSSR count). The number of halogens is 2. The zero-order chi connectivity index (χ0) is 17.4. The average Bonchev–Trinajstić information content (AvgIpc) is 3.22. The van der Waals surface area contributed by atoms with Crippen molar-refractivity contribution in [1.82, 2.24) is 9.97 Å². The summed E-state index contributed by atoms with van der Waals surface area (Å²) >= 11 is 16.1. The van der Waals surface area contributed by atoms with E-state index in [9.17, 15) is 0 Å². The first-order valence-corrected chi connectivity index (χ1v) is 10.4. The summed E-state index contributed by atoms with van der Waals surface area (Å²) in [5.74, 6) is 0.932. The van der Waals surface area contributed by atoms with E-state index in [4.69, 9.17) is 28.9 Å². The van der Waals surface area contributed by atoms with Gasteiger partial charge in [0.2, 0.25) is 5.28 Å². The molecular weight excluding hydrogens is 395 g/mol. The van der Waals surface area contributed by atoms with Crippen molar-refractivity contribution in [3.63, 3.8) is 0 Å². The molecule has 0 radical (unpaired) electrons. The number of anilines is 1. The quantitative estimate of drug-likeness (QED) is 0.444. The zero-order valence-corrected chi connectivity index (χ0v) is 16.4. The Balaban J connectivity index is 1.73. The molecule has 25 heavy (non-hydrogen) atoms. The van der Waals surface area contributed by atoms with Crippen molar-refractivity contribution in [1.29, 1.82) is 0 Å². The molecule has 3 heterocycles. The van der Waals surface area contributed by atoms with Gasteiger partial charge in [-0.3, -0.25) is 0 Å². The minimum Gasteiger partial charge on any atom is -0.364 e. The summed E-state index contributed by atoms with van der Waals surface area (Å²) in [5, 5.41) is 6.27. The molecule has 0 saturated heterocycles. The van der Waals surface area contributed by atoms with Crippen molar-refractivity contribution in [2.24, 2.45) is 5.73 Å². The zero-order valence-electron chi connectivity index (χ0n) is 13.2. The highest BCUT2D eigenvalue weighted by atomic mass is 35.5. The van der Waals surface area contributed by atoms with Crippen LogP contribution in [0.3, 0.4) is 0 Å². The topological polar surface area (TPSA) is 63.8 Å². The summed E-state index contributed by atoms with van der Waals surface area (Å²) in [6.45, 7) is 0.691. The Hall–Kier alpha value is -1.18. The van der Waals surface area contributed by atoms with Crippen molar-refractivity contribution in [2.75, 3.05) is 5.32 Å². The molecule has 1 aliphatic rings. The van der Waals surface area contributed by atoms with E-state index < -0.39 is 0 Å². The number of aromatic nitrogens is 2. The van der Waals surface area contributed by atoms with Gasteiger partial charge in [0.15, 0.2) is 0 Å². The Morgan fingerprint density at radius 1 is 1.24 bits per heavy atom. The van der Waals surface area contributed by atoms with Crippen molar-refractivity contribution in [2.45, 2.75) is 31.3 Å². The second-order valence-corrected chi connectivity index (χ2v) is 8.75. The molecule has 3 aromatic rings. The van der Waals surface area contributed by atoms with Gasteiger partial charge in [0.1, 0.15) is 11.3 Å². The molecule has 0 fully saturated rings. The first-order chi connectivity index (χ1) is 12.1. The van der Waals surface area contributed by atoms with Crippen LogP contribution in [-0.4, -0.2) is 16.0 Å². The lowest BCUT2D eigenvalue weighted by molar-refractivity contribution is 0.528. The molecule has 0 saturated carbocycles. The van der Waals surface area contributed by atoms with Crippen LogP contribution in [0.2, 0.25) is 10.3 Å². The van der Waals surface area contributed by atoms with Crippen LogP contribution >= 0.6 is 45.9 Å². The number of nitrogens with one attached hydrogen (secondary N) is 1. The van der Waals surface area contributed by atoms with Crippen LogP contribution in [0.25, 0.3) is 10.2 Å². The summed E-state index contributed by atoms with van der Waals surface area (Å²) in [5.41, 5.74) is 7.02. The molecule has 2 atom stereocenters. The number of thiophene rings is 2. The van der Waals surface area contributed by atoms with Crippen LogP contribution in [0.1, 0.15) is 28.5 Å². The van der Waals surface area contributed by atoms with Crippen molar-refractivity contribution in [3.8, 4) is 0 Å². The second-order valence-electron chi connectivity index (χ2n) is 5.95. The summed E-state index contributed by atoms with van der Waals surface area (Å²) in [7, 11) is 0. The van der Waals surface area contributed by atoms with E-state index in [1.807, 2.05) is 6.07 Å². The normalized spacial score (nSPS) is 20.3. The molecule has 0 bridgehead atoms. The third-order valence-electron chi connectivity index (χ3n) is 4.30. The lowest BCUT2D eigenvalue weighted by Gasteiger charge is -2.24. The highest BCUT2D eigenvalue weighted by Gasteiger charge is 2.27. The number of nitrogens with zero attached hydrogens (tertiary/aromatic N) is 2. The van der Waals surface area contributed by atoms with Gasteiger partial charge < -0.3 is 11.1 Å². The van der Waals surface area contributed by atoms with Gasteiger partial charge in [-0.1, -0.05) is 29.8 Å². The van der Waals surface area contributed by atoms with Gasteiger partial charge in [0.05, 0.1) is 16.3 Å². The summed E-state index contributed by atoms with van der Waals surface area (Å²) in [6.07, 6.45) is 6.06. The molecule has 3 N–H and O–H groups in total. The predicted octanol–water partition coefficient (Wildman–Crippen LogP) is 5.43. The molecule has 0 aromatic carbocycles. The van der Waals surface area contributed by atoms with E-state index in [2.05, 4.69) is 38.9 Å². The Labute approximate surface area is 163 Å². The van der Waals surface area contributed by atoms with E-state index in [1.54, 1.807) is 22.7 Å². The third-order valence-corrected chi connectivity index (χ3v) is 7.16. The second kappa shape index (κ2) is 7.21. The third kappa shape index (κ3) is 3.41. The molecule has 130 valence electrons. The number of hydrogen-bond acceptors (Lipinski definition) is 6. The van der Waals surface area contributed by atoms with Gasteiger partial charge in [0.25, 0.3) is 0 Å². The van der Waals surface area contributed by atoms with Crippen LogP contribution in [-0.2, 0) is 6.54 Å². The van der Waals surface area contributed by atoms with Crippen LogP contribution < -0.4 is 11.1 Å². The number of rotatable bonds is 4. The molecule has 3 aromatic heterocycles. The van der Waals surface area contributed by atoms with Gasteiger partial charge in [-0.05, 0) is 35.9 Å². The lowest BCUT2D eigenvalue weighted by atomic mass is 9.88. The lowest BCUT2D eigenvalue weighted by Crippen LogP contribution is -2.29. The minimum atomic E-state index is 0.0709. The Morgan fingerprint density at radius 2 is 2.08 bits per heavy atom. The van der Waals surface area contributed by atoms with Crippen LogP contribution in [0, 0.1) is 0 Å². The van der Waals surface area contributed by atoms with Gasteiger partial charge in [0, 0.05) is 21.7 Å². The number of allylic oxidation sites excluding steroid dienone is 1. The standard InChI is InChI=1S/C17H16Cl2N4S2/c18-12-13-15(25-14(12)10-5-1-2-6-11(10)20)16(23-17(19)22-13)21-8-9-4-3-7-24-9/h1-4,7,10-11H,5-6,8,20H2,(H,21,22,23)/t10-,11-/m1/s1. The maximum Gasteiger partial charge on any atom is 0.225 e. The average molecular weight is 411 g/mol. The van der Waals surface area contributed by atoms with Crippen molar-refractivity contribution >= 4 is 61.9 Å². The van der Waals surface area contributed by atoms with Crippen molar-refractivity contribution < 1.29 is 0 Å². The highest BCUT2D eigenvalue weighted by Crippen LogP contribution is 2.44. The first-order valence-electron chi connectivity index (χ1n) is 7.95. The smallest absolute Gasteiger partial charge is 0.225 e. The Morgan fingerprint density at radius 3 is 2.84 bits per heavy atom. The number of fused-ring (bicyclic) bond motifs is 1. The minimum absolute atomic E-state index is 0.0709. The molecule has 4 nitrogen and oxygen atoms in total. The van der Waals surface area contributed by atoms with Gasteiger partial charge >= 0.3 is 0 Å². The molecule has 8 heteroatoms. The molecule has 0 spiro atoms. The number of hydrogen-bond donors (Lipinski definition) is 2. The fourth-order valence-electron chi connectivity index (χ4n) is 3.02. The van der Waals surface area contributed by atoms with E-state index >= 15 is 0 Å². The van der Waals surface area contributed by atoms with E-state index in [1.165, 1.54) is 4.88 Å². The first kappa shape index (κ1) is 17.2. The molecule has 0 aliphatic heterocycles. The van der Waals surface area contributed by atoms with Gasteiger partial charge in [-0.25, -0.2) is 4.98 Å². The predicted molar refractivity (Wildman–Crippen MR) is 108 cm³/mol. The van der Waals surface area contributed by atoms with Gasteiger partial charge in [-0.2, -0.15) is 4.98 Å². The monoisotopic (exact) mass is 410 g/mol. The number of nitrogens with two attached hydrogens (primary N) is 1. The molecule has 0 unspecified atom stereocenters. The summed E-state index contributed by atoms with van der Waals surface area (Å²) < 4.78 is 0.933. The van der Waals surface area contributed by atoms with Crippen LogP contribution in [0.15, 0.2) is 29.7 Å². The van der Waals surface area contributed by atoms with Crippen LogP contribution in [0.5, 0.6) is 0 Å². The molecular formula is C17H16Cl2N4S2. The van der Waals surface area contributed by atoms with Crippen LogP contribution in [0.4, 0.5) is 5.82 Å². The largest absolute Gasteiger partial charge is 0.364 e. The maximum atomic E-state index is 6.66. The van der Waals surface area contributed by atoms with E-state index in [0.717, 1.165) is 28.2 Å². The SMILES string of the molecule is N[C@@H]1CC=CC[C@H]1c1sc2c(NCc3cccs3)nc(Cl)nc2c1Cl. The summed E-state index contributed by atoms with van der Waals surface area (Å²) in [4.78, 5) is 11.0. The fraction of sp³-hybridized carbons (Fsp3) is 0.294. The molecule has 0 amide bonds. The highest BCUT2D eigenvalue weighted by molar-refractivity contribution is 7.20. The molecule has 1 aliphatic carbocycles. The fourth-order valence-corrected chi connectivity index (χ4v) is 5.57. The Bertz CT molecular complexity index is 921. The van der Waals surface area contributed by atoms with E-state index in [0.29, 0.717) is 17.1 Å². The van der Waals surface area contributed by atoms with E-state index in [-0.39, 0.29) is 17.2 Å². The maximum absolute atomic E-state index is 6.66. The van der Waals surface area contributed by atoms with Gasteiger partial charge in [-0.15, -0.1) is 22.7 Å². The Kier molecular flexibility index (Phi) is 4.97. The van der Waals surface area contributed by atoms with Crippen molar-refractivity contribution in [3.05, 3.63) is 49.7 Å².